The number of pyridine rings is 1. The van der Waals surface area contributed by atoms with Crippen molar-refractivity contribution in [2.45, 2.75) is 10.8 Å². The van der Waals surface area contributed by atoms with E-state index >= 15 is 0 Å². The first kappa shape index (κ1) is 16.2. The summed E-state index contributed by atoms with van der Waals surface area (Å²) in [5, 5.41) is 7.80. The Balaban J connectivity index is 2.22. The van der Waals surface area contributed by atoms with Crippen LogP contribution in [0.25, 0.3) is 10.8 Å². The second-order valence-electron chi connectivity index (χ2n) is 5.18. The highest BCUT2D eigenvalue weighted by Crippen LogP contribution is 2.27. The largest absolute Gasteiger partial charge is 0.311 e. The third kappa shape index (κ3) is 2.80. The van der Waals surface area contributed by atoms with Crippen molar-refractivity contribution in [3.63, 3.8) is 0 Å². The number of hydrogen-bond acceptors (Lipinski definition) is 3. The fraction of sp³-hybridized carbons (Fsp3) is 0.0588. The van der Waals surface area contributed by atoms with E-state index in [0.717, 1.165) is 0 Å². The lowest BCUT2D eigenvalue weighted by molar-refractivity contribution is -0.0909. The van der Waals surface area contributed by atoms with Crippen molar-refractivity contribution in [1.29, 1.82) is 0 Å². The third-order valence-electron chi connectivity index (χ3n) is 3.64. The van der Waals surface area contributed by atoms with Crippen molar-refractivity contribution in [3.8, 4) is 6.07 Å². The number of benzene rings is 2. The molecule has 0 spiro atoms. The molecule has 0 fully saturated rings. The van der Waals surface area contributed by atoms with Gasteiger partial charge in [0.15, 0.2) is 9.84 Å². The fourth-order valence-electron chi connectivity index (χ4n) is 2.51. The molecule has 0 atom stereocenters. The summed E-state index contributed by atoms with van der Waals surface area (Å²) in [4.78, 5) is 14.4. The van der Waals surface area contributed by atoms with Crippen molar-refractivity contribution >= 4 is 32.2 Å². The molecule has 1 aromatic heterocycles. The summed E-state index contributed by atoms with van der Waals surface area (Å²) in [6.45, 7) is 0. The lowest BCUT2D eigenvalue weighted by atomic mass is 10.1. The average Bonchev–Trinajstić information content (AvgIpc) is 2.58. The predicted octanol–water partition coefficient (Wildman–Crippen LogP) is 1.28. The van der Waals surface area contributed by atoms with Gasteiger partial charge in [-0.2, -0.15) is 0 Å². The van der Waals surface area contributed by atoms with Gasteiger partial charge in [-0.25, -0.2) is 8.42 Å². The van der Waals surface area contributed by atoms with Crippen LogP contribution in [0.3, 0.4) is 0 Å². The van der Waals surface area contributed by atoms with Crippen molar-refractivity contribution in [1.82, 2.24) is 4.98 Å². The number of sulfone groups is 1. The maximum Gasteiger partial charge on any atom is 0.308 e. The van der Waals surface area contributed by atoms with Gasteiger partial charge in [0.05, 0.1) is 5.75 Å². The molecule has 0 bridgehead atoms. The minimum absolute atomic E-state index is 0.0437. The molecule has 3 rings (SSSR count). The first-order valence-electron chi connectivity index (χ1n) is 6.98. The van der Waals surface area contributed by atoms with E-state index in [1.54, 1.807) is 48.5 Å². The molecular weight excluding hydrogens is 348 g/mol. The summed E-state index contributed by atoms with van der Waals surface area (Å²) in [6.07, 6.45) is 0. The van der Waals surface area contributed by atoms with Crippen LogP contribution in [-0.4, -0.2) is 13.4 Å². The number of H-pyrrole nitrogens is 1. The first-order chi connectivity index (χ1) is 11.4. The highest BCUT2D eigenvalue weighted by Gasteiger charge is 2.23. The molecule has 24 heavy (non-hydrogen) atoms. The molecule has 7 heteroatoms. The number of fused-ring (bicyclic) bond motifs is 1. The molecule has 0 aliphatic carbocycles. The maximum atomic E-state index is 12.8. The lowest BCUT2D eigenvalue weighted by Crippen LogP contribution is -2.19. The minimum atomic E-state index is -3.85. The van der Waals surface area contributed by atoms with E-state index in [1.165, 1.54) is 0 Å². The highest BCUT2D eigenvalue weighted by atomic mass is 35.5. The molecule has 0 aliphatic rings. The summed E-state index contributed by atoms with van der Waals surface area (Å²) in [6, 6.07) is 15.4. The number of nitrogens with one attached hydrogen (secondary N) is 2. The predicted molar refractivity (Wildman–Crippen MR) is 90.9 cm³/mol. The standard InChI is InChI=1S/C17H11ClN2O3S/c18-15-13-7-3-4-8-14(13)17(20-16(15)21)24(22,23)10-12-6-2-1-5-11(12)9-19/h1-8H,10H2,(H,20,21)/p+1. The van der Waals surface area contributed by atoms with Crippen molar-refractivity contribution < 1.29 is 13.7 Å². The SMILES string of the molecule is [NH+]#Cc1ccccc1CS(=O)(=O)c1[nH]c(=O)c(Cl)c2ccccc12. The zero-order valence-electron chi connectivity index (χ0n) is 12.3. The van der Waals surface area contributed by atoms with E-state index in [4.69, 9.17) is 16.9 Å². The van der Waals surface area contributed by atoms with Gasteiger partial charge in [-0.15, -0.1) is 0 Å². The molecule has 0 amide bonds. The molecule has 0 saturated heterocycles. The van der Waals surface area contributed by atoms with E-state index in [9.17, 15) is 13.2 Å². The Bertz CT molecular complexity index is 1140. The number of hydrogen-bond donors (Lipinski definition) is 2. The van der Waals surface area contributed by atoms with E-state index in [2.05, 4.69) is 11.1 Å². The first-order valence-corrected chi connectivity index (χ1v) is 9.01. The van der Waals surface area contributed by atoms with Gasteiger partial charge in [-0.1, -0.05) is 59.3 Å². The van der Waals surface area contributed by atoms with E-state index in [1.807, 2.05) is 0 Å². The summed E-state index contributed by atoms with van der Waals surface area (Å²) < 4.78 is 25.7. The second-order valence-corrected chi connectivity index (χ2v) is 7.49. The zero-order valence-corrected chi connectivity index (χ0v) is 13.9. The van der Waals surface area contributed by atoms with Crippen LogP contribution in [0.4, 0.5) is 0 Å². The Kier molecular flexibility index (Phi) is 4.14. The molecule has 0 unspecified atom stereocenters. The average molecular weight is 360 g/mol. The smallest absolute Gasteiger partial charge is 0.308 e. The van der Waals surface area contributed by atoms with E-state index in [0.29, 0.717) is 21.9 Å². The molecule has 0 aliphatic heterocycles. The van der Waals surface area contributed by atoms with Crippen molar-refractivity contribution in [2.24, 2.45) is 0 Å². The zero-order chi connectivity index (χ0) is 17.3. The molecular formula is C17H12ClN2O3S+. The highest BCUT2D eigenvalue weighted by molar-refractivity contribution is 7.90. The molecule has 0 saturated carbocycles. The van der Waals surface area contributed by atoms with Crippen LogP contribution >= 0.6 is 11.6 Å². The molecule has 0 radical (unpaired) electrons. The summed E-state index contributed by atoms with van der Waals surface area (Å²) in [5.74, 6) is -0.351. The van der Waals surface area contributed by atoms with Gasteiger partial charge in [0.25, 0.3) is 5.56 Å². The minimum Gasteiger partial charge on any atom is -0.311 e. The Labute approximate surface area is 143 Å². The Morgan fingerprint density at radius 3 is 2.38 bits per heavy atom. The third-order valence-corrected chi connectivity index (χ3v) is 5.65. The number of aromatic amines is 1. The Morgan fingerprint density at radius 1 is 1.04 bits per heavy atom. The van der Waals surface area contributed by atoms with E-state index in [-0.39, 0.29) is 15.8 Å². The second kappa shape index (κ2) is 6.11. The van der Waals surface area contributed by atoms with Gasteiger partial charge in [0.2, 0.25) is 0 Å². The van der Waals surface area contributed by atoms with Gasteiger partial charge < -0.3 is 4.98 Å². The maximum absolute atomic E-state index is 12.8. The number of aromatic nitrogens is 1. The normalized spacial score (nSPS) is 11.3. The molecule has 3 aromatic rings. The van der Waals surface area contributed by atoms with Gasteiger partial charge in [-0.3, -0.25) is 4.79 Å². The van der Waals surface area contributed by atoms with Crippen LogP contribution < -0.4 is 10.8 Å². The Hall–Kier alpha value is -2.62. The summed E-state index contributed by atoms with van der Waals surface area (Å²) in [7, 11) is -3.85. The molecule has 120 valence electrons. The van der Waals surface area contributed by atoms with Crippen LogP contribution in [-0.2, 0) is 15.6 Å². The summed E-state index contributed by atoms with van der Waals surface area (Å²) >= 11 is 5.98. The lowest BCUT2D eigenvalue weighted by Gasteiger charge is -2.09. The fourth-order valence-corrected chi connectivity index (χ4v) is 4.29. The molecule has 5 nitrogen and oxygen atoms in total. The van der Waals surface area contributed by atoms with Gasteiger partial charge in [0.1, 0.15) is 15.6 Å². The quantitative estimate of drug-likeness (QED) is 0.738. The summed E-state index contributed by atoms with van der Waals surface area (Å²) in [5.41, 5.74) is 0.176. The molecule has 2 aromatic carbocycles. The number of rotatable bonds is 3. The van der Waals surface area contributed by atoms with Gasteiger partial charge in [0, 0.05) is 10.8 Å². The van der Waals surface area contributed by atoms with Crippen LogP contribution in [0.5, 0.6) is 0 Å². The monoisotopic (exact) mass is 359 g/mol. The van der Waals surface area contributed by atoms with Crippen LogP contribution in [0, 0.1) is 6.07 Å². The number of halogens is 1. The Morgan fingerprint density at radius 2 is 1.67 bits per heavy atom. The topological polar surface area (TPSA) is 90.8 Å². The molecule has 1 heterocycles. The van der Waals surface area contributed by atoms with Gasteiger partial charge >= 0.3 is 6.07 Å². The van der Waals surface area contributed by atoms with Gasteiger partial charge in [-0.05, 0) is 11.6 Å². The van der Waals surface area contributed by atoms with Crippen LogP contribution in [0.1, 0.15) is 11.1 Å². The molecule has 2 N–H and O–H groups in total. The van der Waals surface area contributed by atoms with E-state index < -0.39 is 15.4 Å². The van der Waals surface area contributed by atoms with Crippen molar-refractivity contribution in [2.75, 3.05) is 0 Å². The van der Waals surface area contributed by atoms with Crippen molar-refractivity contribution in [3.05, 3.63) is 75.0 Å². The van der Waals surface area contributed by atoms with Crippen LogP contribution in [0.2, 0.25) is 5.02 Å². The van der Waals surface area contributed by atoms with Crippen LogP contribution in [0.15, 0.2) is 58.4 Å².